The first-order valence-corrected chi connectivity index (χ1v) is 6.47. The molecule has 1 N–H and O–H groups in total. The lowest BCUT2D eigenvalue weighted by Crippen LogP contribution is -2.34. The summed E-state index contributed by atoms with van der Waals surface area (Å²) in [6.07, 6.45) is 2.60. The number of hydrogen-bond acceptors (Lipinski definition) is 4. The zero-order valence-corrected chi connectivity index (χ0v) is 11.1. The molecule has 0 aromatic carbocycles. The summed E-state index contributed by atoms with van der Waals surface area (Å²) < 4.78 is 5.54. The highest BCUT2D eigenvalue weighted by atomic mass is 16.4. The third-order valence-electron chi connectivity index (χ3n) is 3.62. The Morgan fingerprint density at radius 2 is 2.06 bits per heavy atom. The van der Waals surface area contributed by atoms with E-state index in [-0.39, 0.29) is 0 Å². The standard InChI is InChI=1S/C13H23N3O/c1-10-11(2)17-13(15-10)9-14-8-12-4-6-16(3)7-5-12/h12,14H,4-9H2,1-3H3. The fraction of sp³-hybridized carbons (Fsp3) is 0.769. The SMILES string of the molecule is Cc1nc(CNCC2CCN(C)CC2)oc1C. The molecule has 0 atom stereocenters. The molecule has 4 nitrogen and oxygen atoms in total. The minimum Gasteiger partial charge on any atom is -0.444 e. The number of nitrogens with one attached hydrogen (secondary N) is 1. The Kier molecular flexibility index (Phi) is 4.18. The molecule has 2 rings (SSSR count). The largest absolute Gasteiger partial charge is 0.444 e. The first-order valence-electron chi connectivity index (χ1n) is 6.47. The second-order valence-electron chi connectivity index (χ2n) is 5.13. The summed E-state index contributed by atoms with van der Waals surface area (Å²) in [5.74, 6) is 2.55. The van der Waals surface area contributed by atoms with Crippen LogP contribution in [0, 0.1) is 19.8 Å². The van der Waals surface area contributed by atoms with E-state index in [0.717, 1.165) is 36.4 Å². The van der Waals surface area contributed by atoms with Crippen LogP contribution in [-0.2, 0) is 6.54 Å². The number of rotatable bonds is 4. The number of aryl methyl sites for hydroxylation is 2. The highest BCUT2D eigenvalue weighted by Crippen LogP contribution is 2.15. The summed E-state index contributed by atoms with van der Waals surface area (Å²) in [5, 5.41) is 3.45. The van der Waals surface area contributed by atoms with Crippen molar-refractivity contribution in [2.45, 2.75) is 33.2 Å². The number of oxazole rings is 1. The van der Waals surface area contributed by atoms with E-state index in [1.54, 1.807) is 0 Å². The van der Waals surface area contributed by atoms with Gasteiger partial charge in [-0.1, -0.05) is 0 Å². The molecule has 0 unspecified atom stereocenters. The molecule has 0 aliphatic carbocycles. The second kappa shape index (κ2) is 5.65. The van der Waals surface area contributed by atoms with Gasteiger partial charge >= 0.3 is 0 Å². The average Bonchev–Trinajstić information content (AvgIpc) is 2.61. The summed E-state index contributed by atoms with van der Waals surface area (Å²) in [6, 6.07) is 0. The zero-order valence-electron chi connectivity index (χ0n) is 11.1. The maximum atomic E-state index is 5.54. The van der Waals surface area contributed by atoms with Crippen LogP contribution >= 0.6 is 0 Å². The number of likely N-dealkylation sites (tertiary alicyclic amines) is 1. The average molecular weight is 237 g/mol. The van der Waals surface area contributed by atoms with Crippen LogP contribution in [0.5, 0.6) is 0 Å². The molecule has 1 fully saturated rings. The maximum absolute atomic E-state index is 5.54. The molecule has 96 valence electrons. The van der Waals surface area contributed by atoms with Crippen LogP contribution in [0.25, 0.3) is 0 Å². The Hall–Kier alpha value is -0.870. The van der Waals surface area contributed by atoms with Gasteiger partial charge in [-0.05, 0) is 59.3 Å². The van der Waals surface area contributed by atoms with Gasteiger partial charge in [0.1, 0.15) is 5.76 Å². The van der Waals surface area contributed by atoms with Crippen molar-refractivity contribution in [3.63, 3.8) is 0 Å². The molecule has 4 heteroatoms. The molecule has 1 saturated heterocycles. The van der Waals surface area contributed by atoms with E-state index in [9.17, 15) is 0 Å². The molecule has 1 aromatic heterocycles. The number of piperidine rings is 1. The third-order valence-corrected chi connectivity index (χ3v) is 3.62. The van der Waals surface area contributed by atoms with Crippen LogP contribution in [-0.4, -0.2) is 36.6 Å². The summed E-state index contributed by atoms with van der Waals surface area (Å²) in [6.45, 7) is 8.23. The molecule has 0 radical (unpaired) electrons. The Labute approximate surface area is 103 Å². The van der Waals surface area contributed by atoms with Gasteiger partial charge in [0.05, 0.1) is 12.2 Å². The summed E-state index contributed by atoms with van der Waals surface area (Å²) in [5.41, 5.74) is 1.00. The highest BCUT2D eigenvalue weighted by molar-refractivity contribution is 5.05. The topological polar surface area (TPSA) is 41.3 Å². The Morgan fingerprint density at radius 1 is 1.35 bits per heavy atom. The van der Waals surface area contributed by atoms with Gasteiger partial charge in [0.25, 0.3) is 0 Å². The van der Waals surface area contributed by atoms with E-state index in [1.165, 1.54) is 25.9 Å². The molecule has 2 heterocycles. The molecule has 0 amide bonds. The van der Waals surface area contributed by atoms with Crippen LogP contribution in [0.3, 0.4) is 0 Å². The quantitative estimate of drug-likeness (QED) is 0.866. The van der Waals surface area contributed by atoms with E-state index in [1.807, 2.05) is 13.8 Å². The van der Waals surface area contributed by atoms with E-state index in [2.05, 4.69) is 22.2 Å². The highest BCUT2D eigenvalue weighted by Gasteiger charge is 2.16. The maximum Gasteiger partial charge on any atom is 0.208 e. The van der Waals surface area contributed by atoms with Crippen molar-refractivity contribution < 1.29 is 4.42 Å². The Balaban J connectivity index is 1.69. The van der Waals surface area contributed by atoms with E-state index >= 15 is 0 Å². The van der Waals surface area contributed by atoms with E-state index in [0.29, 0.717) is 0 Å². The predicted molar refractivity (Wildman–Crippen MR) is 67.9 cm³/mol. The second-order valence-corrected chi connectivity index (χ2v) is 5.13. The summed E-state index contributed by atoms with van der Waals surface area (Å²) in [4.78, 5) is 6.77. The van der Waals surface area contributed by atoms with Crippen LogP contribution in [0.2, 0.25) is 0 Å². The minimum absolute atomic E-state index is 0.751. The smallest absolute Gasteiger partial charge is 0.208 e. The van der Waals surface area contributed by atoms with Gasteiger partial charge in [0.2, 0.25) is 5.89 Å². The summed E-state index contributed by atoms with van der Waals surface area (Å²) >= 11 is 0. The van der Waals surface area contributed by atoms with E-state index < -0.39 is 0 Å². The molecule has 0 bridgehead atoms. The lowest BCUT2D eigenvalue weighted by atomic mass is 9.97. The fourth-order valence-electron chi connectivity index (χ4n) is 2.26. The van der Waals surface area contributed by atoms with Crippen molar-refractivity contribution in [2.75, 3.05) is 26.7 Å². The van der Waals surface area contributed by atoms with Gasteiger partial charge in [-0.2, -0.15) is 0 Å². The van der Waals surface area contributed by atoms with Gasteiger partial charge in [-0.15, -0.1) is 0 Å². The summed E-state index contributed by atoms with van der Waals surface area (Å²) in [7, 11) is 2.20. The molecule has 1 aliphatic rings. The number of nitrogens with zero attached hydrogens (tertiary/aromatic N) is 2. The number of aromatic nitrogens is 1. The lowest BCUT2D eigenvalue weighted by Gasteiger charge is -2.28. The monoisotopic (exact) mass is 237 g/mol. The van der Waals surface area contributed by atoms with Crippen LogP contribution < -0.4 is 5.32 Å². The molecule has 0 spiro atoms. The first-order chi connectivity index (χ1) is 8.15. The molecular formula is C13H23N3O. The van der Waals surface area contributed by atoms with Crippen molar-refractivity contribution in [3.8, 4) is 0 Å². The number of hydrogen-bond donors (Lipinski definition) is 1. The van der Waals surface area contributed by atoms with Crippen LogP contribution in [0.15, 0.2) is 4.42 Å². The molecule has 1 aliphatic heterocycles. The van der Waals surface area contributed by atoms with Gasteiger partial charge in [-0.3, -0.25) is 0 Å². The fourth-order valence-corrected chi connectivity index (χ4v) is 2.26. The lowest BCUT2D eigenvalue weighted by molar-refractivity contribution is 0.215. The Morgan fingerprint density at radius 3 is 2.65 bits per heavy atom. The van der Waals surface area contributed by atoms with Gasteiger partial charge < -0.3 is 14.6 Å². The molecule has 17 heavy (non-hydrogen) atoms. The van der Waals surface area contributed by atoms with Crippen molar-refractivity contribution in [2.24, 2.45) is 5.92 Å². The van der Waals surface area contributed by atoms with Crippen LogP contribution in [0.4, 0.5) is 0 Å². The van der Waals surface area contributed by atoms with Gasteiger partial charge in [0, 0.05) is 0 Å². The van der Waals surface area contributed by atoms with Crippen molar-refractivity contribution in [1.29, 1.82) is 0 Å². The van der Waals surface area contributed by atoms with Crippen molar-refractivity contribution >= 4 is 0 Å². The Bertz CT molecular complexity index is 334. The molecular weight excluding hydrogens is 214 g/mol. The third kappa shape index (κ3) is 3.54. The van der Waals surface area contributed by atoms with E-state index in [4.69, 9.17) is 4.42 Å². The minimum atomic E-state index is 0.751. The first kappa shape index (κ1) is 12.6. The zero-order chi connectivity index (χ0) is 12.3. The normalized spacial score (nSPS) is 18.8. The predicted octanol–water partition coefficient (Wildman–Crippen LogP) is 1.72. The van der Waals surface area contributed by atoms with Gasteiger partial charge in [0.15, 0.2) is 0 Å². The molecule has 1 aromatic rings. The van der Waals surface area contributed by atoms with Crippen LogP contribution in [0.1, 0.15) is 30.2 Å². The van der Waals surface area contributed by atoms with Crippen molar-refractivity contribution in [1.82, 2.24) is 15.2 Å². The van der Waals surface area contributed by atoms with Gasteiger partial charge in [-0.25, -0.2) is 4.98 Å². The molecule has 0 saturated carbocycles. The van der Waals surface area contributed by atoms with Crippen molar-refractivity contribution in [3.05, 3.63) is 17.3 Å².